The van der Waals surface area contributed by atoms with Crippen LogP contribution in [-0.2, 0) is 20.5 Å². The molecule has 0 aromatic heterocycles. The lowest BCUT2D eigenvalue weighted by Crippen LogP contribution is -2.47. The van der Waals surface area contributed by atoms with Crippen molar-refractivity contribution in [2.45, 2.75) is 111 Å². The van der Waals surface area contributed by atoms with Gasteiger partial charge in [-0.25, -0.2) is 0 Å². The van der Waals surface area contributed by atoms with Gasteiger partial charge in [-0.15, -0.1) is 0 Å². The summed E-state index contributed by atoms with van der Waals surface area (Å²) in [5.74, 6) is 0.412. The molecule has 0 aliphatic heterocycles. The number of hydrogen-bond acceptors (Lipinski definition) is 4. The van der Waals surface area contributed by atoms with Crippen LogP contribution >= 0.6 is 0 Å². The summed E-state index contributed by atoms with van der Waals surface area (Å²) < 4.78 is 18.6. The van der Waals surface area contributed by atoms with Crippen molar-refractivity contribution in [2.75, 3.05) is 13.7 Å². The molecule has 0 aliphatic carbocycles. The zero-order valence-electron chi connectivity index (χ0n) is 24.4. The predicted molar refractivity (Wildman–Crippen MR) is 151 cm³/mol. The van der Waals surface area contributed by atoms with Gasteiger partial charge in [-0.05, 0) is 42.6 Å². The molecule has 1 aromatic rings. The van der Waals surface area contributed by atoms with Crippen molar-refractivity contribution < 1.29 is 19.0 Å². The second-order valence-corrected chi connectivity index (χ2v) is 16.7. The zero-order valence-corrected chi connectivity index (χ0v) is 25.4. The van der Waals surface area contributed by atoms with E-state index in [4.69, 9.17) is 13.9 Å². The smallest absolute Gasteiger partial charge is 0.192 e. The lowest BCUT2D eigenvalue weighted by Gasteiger charge is -2.42. The van der Waals surface area contributed by atoms with Crippen LogP contribution < -0.4 is 0 Å². The minimum Gasteiger partial charge on any atom is -0.414 e. The van der Waals surface area contributed by atoms with Gasteiger partial charge in [0.15, 0.2) is 8.32 Å². The highest BCUT2D eigenvalue weighted by atomic mass is 28.4. The van der Waals surface area contributed by atoms with E-state index in [9.17, 15) is 5.11 Å². The summed E-state index contributed by atoms with van der Waals surface area (Å²) >= 11 is 0. The number of hydrogen-bond donors (Lipinski definition) is 1. The van der Waals surface area contributed by atoms with E-state index in [1.807, 2.05) is 25.1 Å². The maximum atomic E-state index is 11.3. The first-order valence-electron chi connectivity index (χ1n) is 13.4. The van der Waals surface area contributed by atoms with Crippen molar-refractivity contribution in [1.29, 1.82) is 0 Å². The topological polar surface area (TPSA) is 47.9 Å². The van der Waals surface area contributed by atoms with Crippen LogP contribution in [0, 0.1) is 17.8 Å². The Labute approximate surface area is 217 Å². The van der Waals surface area contributed by atoms with E-state index in [-0.39, 0.29) is 35.0 Å². The lowest BCUT2D eigenvalue weighted by atomic mass is 9.87. The molecule has 0 saturated heterocycles. The molecular weight excluding hydrogens is 452 g/mol. The SMILES string of the molecule is CCC[C@H](O[Si](C)(C)C(C)(C)C)[C@H](C)[C@@H](O)/C(C)=C/[C@@H](C)[C@H](OC)[C@H](C)COCc1ccccc1. The minimum absolute atomic E-state index is 0.0122. The molecule has 4 nitrogen and oxygen atoms in total. The van der Waals surface area contributed by atoms with Crippen molar-refractivity contribution in [3.05, 3.63) is 47.5 Å². The molecule has 0 fully saturated rings. The molecule has 0 bridgehead atoms. The van der Waals surface area contributed by atoms with Gasteiger partial charge in [0.25, 0.3) is 0 Å². The van der Waals surface area contributed by atoms with Crippen molar-refractivity contribution in [3.63, 3.8) is 0 Å². The molecular formula is C30H54O4Si. The molecule has 0 spiro atoms. The molecule has 6 atom stereocenters. The third-order valence-corrected chi connectivity index (χ3v) is 12.3. The van der Waals surface area contributed by atoms with Gasteiger partial charge in [-0.2, -0.15) is 0 Å². The van der Waals surface area contributed by atoms with Crippen LogP contribution in [0.1, 0.15) is 73.8 Å². The Morgan fingerprint density at radius 3 is 2.20 bits per heavy atom. The fourth-order valence-electron chi connectivity index (χ4n) is 4.49. The molecule has 0 saturated carbocycles. The van der Waals surface area contributed by atoms with Gasteiger partial charge in [-0.3, -0.25) is 0 Å². The van der Waals surface area contributed by atoms with Crippen LogP contribution in [-0.4, -0.2) is 45.5 Å². The molecule has 1 aromatic carbocycles. The van der Waals surface area contributed by atoms with Crippen LogP contribution in [0.15, 0.2) is 42.0 Å². The van der Waals surface area contributed by atoms with E-state index in [2.05, 4.69) is 79.8 Å². The molecule has 1 N–H and O–H groups in total. The van der Waals surface area contributed by atoms with E-state index in [0.717, 1.165) is 18.4 Å². The quantitative estimate of drug-likeness (QED) is 0.196. The van der Waals surface area contributed by atoms with Gasteiger partial charge < -0.3 is 19.0 Å². The average Bonchev–Trinajstić information content (AvgIpc) is 2.78. The van der Waals surface area contributed by atoms with Crippen molar-refractivity contribution in [2.24, 2.45) is 17.8 Å². The fraction of sp³-hybridized carbons (Fsp3) is 0.733. The van der Waals surface area contributed by atoms with Gasteiger partial charge in [0.2, 0.25) is 0 Å². The molecule has 1 rings (SSSR count). The van der Waals surface area contributed by atoms with Gasteiger partial charge in [-0.1, -0.05) is 91.3 Å². The normalized spacial score (nSPS) is 18.6. The largest absolute Gasteiger partial charge is 0.414 e. The molecule has 0 aliphatic rings. The van der Waals surface area contributed by atoms with Crippen LogP contribution in [0.3, 0.4) is 0 Å². The monoisotopic (exact) mass is 506 g/mol. The summed E-state index contributed by atoms with van der Waals surface area (Å²) in [6.45, 7) is 23.3. The van der Waals surface area contributed by atoms with Crippen molar-refractivity contribution in [1.82, 2.24) is 0 Å². The first-order valence-corrected chi connectivity index (χ1v) is 16.3. The van der Waals surface area contributed by atoms with Crippen molar-refractivity contribution >= 4 is 8.32 Å². The zero-order chi connectivity index (χ0) is 26.8. The summed E-state index contributed by atoms with van der Waals surface area (Å²) in [5.41, 5.74) is 2.17. The maximum Gasteiger partial charge on any atom is 0.192 e. The number of benzene rings is 1. The summed E-state index contributed by atoms with van der Waals surface area (Å²) in [5, 5.41) is 11.4. The van der Waals surface area contributed by atoms with E-state index >= 15 is 0 Å². The minimum atomic E-state index is -1.92. The second kappa shape index (κ2) is 14.7. The third-order valence-electron chi connectivity index (χ3n) is 7.75. The number of aliphatic hydroxyl groups excluding tert-OH is 1. The Kier molecular flexibility index (Phi) is 13.4. The Bertz CT molecular complexity index is 740. The highest BCUT2D eigenvalue weighted by Gasteiger charge is 2.41. The highest BCUT2D eigenvalue weighted by Crippen LogP contribution is 2.39. The standard InChI is InChI=1S/C30H54O4Si/c1-12-16-27(34-35(10,11)30(6,7)8)25(5)28(31)22(2)19-23(3)29(32-9)24(4)20-33-21-26-17-14-13-15-18-26/h13-15,17-19,23-25,27-29,31H,12,16,20-21H2,1-11H3/b22-19+/t23-,24-,25+,27+,28+,29+/m1/s1. The molecule has 0 radical (unpaired) electrons. The first kappa shape index (κ1) is 32.0. The van der Waals surface area contributed by atoms with Gasteiger partial charge in [0.1, 0.15) is 0 Å². The van der Waals surface area contributed by atoms with Gasteiger partial charge >= 0.3 is 0 Å². The maximum absolute atomic E-state index is 11.3. The van der Waals surface area contributed by atoms with E-state index in [1.54, 1.807) is 7.11 Å². The second-order valence-electron chi connectivity index (χ2n) is 12.0. The van der Waals surface area contributed by atoms with Crippen molar-refractivity contribution in [3.8, 4) is 0 Å². The Morgan fingerprint density at radius 1 is 1.09 bits per heavy atom. The highest BCUT2D eigenvalue weighted by molar-refractivity contribution is 6.74. The molecule has 0 heterocycles. The molecule has 35 heavy (non-hydrogen) atoms. The van der Waals surface area contributed by atoms with Crippen LogP contribution in [0.4, 0.5) is 0 Å². The summed E-state index contributed by atoms with van der Waals surface area (Å²) in [6.07, 6.45) is 3.71. The Balaban J connectivity index is 2.82. The molecule has 5 heteroatoms. The lowest BCUT2D eigenvalue weighted by molar-refractivity contribution is -0.0139. The van der Waals surface area contributed by atoms with Crippen LogP contribution in [0.25, 0.3) is 0 Å². The molecule has 0 unspecified atom stereocenters. The van der Waals surface area contributed by atoms with Gasteiger partial charge in [0, 0.05) is 24.9 Å². The predicted octanol–water partition coefficient (Wildman–Crippen LogP) is 7.62. The van der Waals surface area contributed by atoms with E-state index in [1.165, 1.54) is 5.56 Å². The number of methoxy groups -OCH3 is 1. The molecule has 202 valence electrons. The Hall–Kier alpha value is -0.983. The number of rotatable bonds is 15. The first-order chi connectivity index (χ1) is 16.2. The summed E-state index contributed by atoms with van der Waals surface area (Å²) in [7, 11) is -0.156. The Morgan fingerprint density at radius 2 is 1.69 bits per heavy atom. The van der Waals surface area contributed by atoms with Gasteiger partial charge in [0.05, 0.1) is 31.5 Å². The summed E-state index contributed by atoms with van der Waals surface area (Å²) in [4.78, 5) is 0. The molecule has 0 amide bonds. The third kappa shape index (κ3) is 10.1. The van der Waals surface area contributed by atoms with Crippen LogP contribution in [0.2, 0.25) is 18.1 Å². The van der Waals surface area contributed by atoms with E-state index in [0.29, 0.717) is 13.2 Å². The number of aliphatic hydroxyl groups is 1. The fourth-order valence-corrected chi connectivity index (χ4v) is 5.93. The summed E-state index contributed by atoms with van der Waals surface area (Å²) in [6, 6.07) is 10.2. The number of ether oxygens (including phenoxy) is 2. The van der Waals surface area contributed by atoms with E-state index < -0.39 is 14.4 Å². The van der Waals surface area contributed by atoms with Crippen LogP contribution in [0.5, 0.6) is 0 Å². The average molecular weight is 507 g/mol.